The van der Waals surface area contributed by atoms with Crippen molar-refractivity contribution in [3.05, 3.63) is 35.9 Å². The average Bonchev–Trinajstić information content (AvgIpc) is 2.95. The van der Waals surface area contributed by atoms with E-state index >= 15 is 0 Å². The molecule has 2 aliphatic rings. The molecule has 2 saturated heterocycles. The van der Waals surface area contributed by atoms with Crippen molar-refractivity contribution in [2.75, 3.05) is 45.9 Å². The molecule has 0 aromatic heterocycles. The van der Waals surface area contributed by atoms with Crippen molar-refractivity contribution < 1.29 is 4.74 Å². The number of ether oxygens (including phenoxy) is 1. The molecular formula is C19H30N2O. The molecule has 0 bridgehead atoms. The fourth-order valence-electron chi connectivity index (χ4n) is 3.94. The molecule has 0 aliphatic carbocycles. The minimum absolute atomic E-state index is 0.652. The van der Waals surface area contributed by atoms with Crippen molar-refractivity contribution in [3.63, 3.8) is 0 Å². The molecular weight excluding hydrogens is 272 g/mol. The number of morpholine rings is 1. The van der Waals surface area contributed by atoms with Crippen molar-refractivity contribution >= 4 is 0 Å². The van der Waals surface area contributed by atoms with Gasteiger partial charge in [0.1, 0.15) is 0 Å². The summed E-state index contributed by atoms with van der Waals surface area (Å²) in [6, 6.07) is 11.7. The molecule has 0 amide bonds. The summed E-state index contributed by atoms with van der Waals surface area (Å²) in [7, 11) is 0. The summed E-state index contributed by atoms with van der Waals surface area (Å²) in [5.41, 5.74) is 1.47. The van der Waals surface area contributed by atoms with Gasteiger partial charge in [0.15, 0.2) is 0 Å². The van der Waals surface area contributed by atoms with E-state index in [1.807, 2.05) is 0 Å². The first kappa shape index (κ1) is 16.0. The van der Waals surface area contributed by atoms with Crippen LogP contribution in [0, 0.1) is 5.92 Å². The van der Waals surface area contributed by atoms with Crippen LogP contribution in [0.4, 0.5) is 0 Å². The summed E-state index contributed by atoms with van der Waals surface area (Å²) in [6.07, 6.45) is 1.26. The van der Waals surface area contributed by atoms with Crippen molar-refractivity contribution in [2.24, 2.45) is 5.92 Å². The highest BCUT2D eigenvalue weighted by Crippen LogP contribution is 2.25. The molecule has 2 fully saturated rings. The van der Waals surface area contributed by atoms with Gasteiger partial charge in [0.25, 0.3) is 0 Å². The van der Waals surface area contributed by atoms with Crippen molar-refractivity contribution in [1.29, 1.82) is 0 Å². The van der Waals surface area contributed by atoms with E-state index in [1.165, 1.54) is 31.6 Å². The summed E-state index contributed by atoms with van der Waals surface area (Å²) >= 11 is 0. The lowest BCUT2D eigenvalue weighted by Gasteiger charge is -2.34. The largest absolute Gasteiger partial charge is 0.379 e. The number of hydrogen-bond donors (Lipinski definition) is 0. The van der Waals surface area contributed by atoms with Crippen LogP contribution >= 0.6 is 0 Å². The van der Waals surface area contributed by atoms with Crippen LogP contribution in [-0.2, 0) is 4.74 Å². The van der Waals surface area contributed by atoms with Crippen LogP contribution in [0.25, 0.3) is 0 Å². The van der Waals surface area contributed by atoms with E-state index in [-0.39, 0.29) is 0 Å². The molecule has 3 unspecified atom stereocenters. The maximum Gasteiger partial charge on any atom is 0.0594 e. The highest BCUT2D eigenvalue weighted by atomic mass is 16.5. The second-order valence-electron chi connectivity index (χ2n) is 7.05. The van der Waals surface area contributed by atoms with Crippen LogP contribution in [0.5, 0.6) is 0 Å². The molecule has 2 aliphatic heterocycles. The van der Waals surface area contributed by atoms with E-state index in [0.717, 1.165) is 38.3 Å². The number of rotatable bonds is 5. The number of nitrogens with zero attached hydrogens (tertiary/aromatic N) is 2. The Labute approximate surface area is 135 Å². The van der Waals surface area contributed by atoms with Crippen molar-refractivity contribution in [1.82, 2.24) is 9.80 Å². The zero-order chi connectivity index (χ0) is 15.4. The smallest absolute Gasteiger partial charge is 0.0594 e. The maximum absolute atomic E-state index is 5.49. The summed E-state index contributed by atoms with van der Waals surface area (Å²) in [6.45, 7) is 12.5. The van der Waals surface area contributed by atoms with Crippen LogP contribution < -0.4 is 0 Å². The van der Waals surface area contributed by atoms with E-state index in [0.29, 0.717) is 5.92 Å². The Morgan fingerprint density at radius 1 is 1.14 bits per heavy atom. The quantitative estimate of drug-likeness (QED) is 0.832. The SMILES string of the molecule is CC(CCN1CC(C)C(N2CCOCC2)C1)c1ccccc1. The zero-order valence-corrected chi connectivity index (χ0v) is 14.1. The molecule has 0 saturated carbocycles. The number of benzene rings is 1. The minimum atomic E-state index is 0.652. The standard InChI is InChI=1S/C19H30N2O/c1-16(18-6-4-3-5-7-18)8-9-20-14-17(2)19(15-20)21-10-12-22-13-11-21/h3-7,16-17,19H,8-15H2,1-2H3. The predicted octanol–water partition coefficient (Wildman–Crippen LogP) is 2.83. The Kier molecular flexibility index (Phi) is 5.51. The Hall–Kier alpha value is -0.900. The summed E-state index contributed by atoms with van der Waals surface area (Å²) in [5, 5.41) is 0. The van der Waals surface area contributed by atoms with Gasteiger partial charge in [0.05, 0.1) is 13.2 Å². The fourth-order valence-corrected chi connectivity index (χ4v) is 3.94. The molecule has 3 heteroatoms. The summed E-state index contributed by atoms with van der Waals surface area (Å²) in [4.78, 5) is 5.32. The van der Waals surface area contributed by atoms with Gasteiger partial charge in [-0.15, -0.1) is 0 Å². The second kappa shape index (κ2) is 7.58. The summed E-state index contributed by atoms with van der Waals surface area (Å²) in [5.74, 6) is 1.43. The molecule has 3 atom stereocenters. The highest BCUT2D eigenvalue weighted by molar-refractivity contribution is 5.18. The molecule has 3 nitrogen and oxygen atoms in total. The number of likely N-dealkylation sites (tertiary alicyclic amines) is 1. The van der Waals surface area contributed by atoms with Gasteiger partial charge in [-0.05, 0) is 30.4 Å². The fraction of sp³-hybridized carbons (Fsp3) is 0.684. The van der Waals surface area contributed by atoms with E-state index < -0.39 is 0 Å². The first-order chi connectivity index (χ1) is 10.7. The van der Waals surface area contributed by atoms with Gasteiger partial charge in [0.2, 0.25) is 0 Å². The molecule has 1 aromatic carbocycles. The van der Waals surface area contributed by atoms with Crippen LogP contribution in [-0.4, -0.2) is 61.8 Å². The molecule has 2 heterocycles. The lowest BCUT2D eigenvalue weighted by Crippen LogP contribution is -2.46. The van der Waals surface area contributed by atoms with Gasteiger partial charge >= 0.3 is 0 Å². The van der Waals surface area contributed by atoms with Gasteiger partial charge in [-0.25, -0.2) is 0 Å². The Morgan fingerprint density at radius 3 is 2.59 bits per heavy atom. The lowest BCUT2D eigenvalue weighted by atomic mass is 9.98. The lowest BCUT2D eigenvalue weighted by molar-refractivity contribution is 0.0118. The van der Waals surface area contributed by atoms with Gasteiger partial charge in [0, 0.05) is 32.2 Å². The third-order valence-corrected chi connectivity index (χ3v) is 5.41. The molecule has 122 valence electrons. The van der Waals surface area contributed by atoms with Gasteiger partial charge < -0.3 is 9.64 Å². The number of hydrogen-bond acceptors (Lipinski definition) is 3. The molecule has 1 aromatic rings. The minimum Gasteiger partial charge on any atom is -0.379 e. The Morgan fingerprint density at radius 2 is 1.86 bits per heavy atom. The predicted molar refractivity (Wildman–Crippen MR) is 91.3 cm³/mol. The molecule has 0 N–H and O–H groups in total. The summed E-state index contributed by atoms with van der Waals surface area (Å²) < 4.78 is 5.49. The monoisotopic (exact) mass is 302 g/mol. The second-order valence-corrected chi connectivity index (χ2v) is 7.05. The molecule has 0 radical (unpaired) electrons. The molecule has 22 heavy (non-hydrogen) atoms. The first-order valence-corrected chi connectivity index (χ1v) is 8.83. The van der Waals surface area contributed by atoms with Crippen molar-refractivity contribution in [2.45, 2.75) is 32.2 Å². The maximum atomic E-state index is 5.49. The van der Waals surface area contributed by atoms with Gasteiger partial charge in [-0.2, -0.15) is 0 Å². The third kappa shape index (κ3) is 3.89. The van der Waals surface area contributed by atoms with E-state index in [2.05, 4.69) is 54.0 Å². The van der Waals surface area contributed by atoms with Gasteiger partial charge in [-0.1, -0.05) is 44.2 Å². The average molecular weight is 302 g/mol. The van der Waals surface area contributed by atoms with E-state index in [1.54, 1.807) is 0 Å². The zero-order valence-electron chi connectivity index (χ0n) is 14.1. The molecule has 0 spiro atoms. The van der Waals surface area contributed by atoms with Crippen LogP contribution in [0.1, 0.15) is 31.7 Å². The Balaban J connectivity index is 1.47. The Bertz CT molecular complexity index is 444. The van der Waals surface area contributed by atoms with Crippen LogP contribution in [0.15, 0.2) is 30.3 Å². The van der Waals surface area contributed by atoms with Crippen LogP contribution in [0.3, 0.4) is 0 Å². The van der Waals surface area contributed by atoms with E-state index in [9.17, 15) is 0 Å². The topological polar surface area (TPSA) is 15.7 Å². The third-order valence-electron chi connectivity index (χ3n) is 5.41. The normalized spacial score (nSPS) is 28.8. The van der Waals surface area contributed by atoms with E-state index in [4.69, 9.17) is 4.74 Å². The van der Waals surface area contributed by atoms with Crippen molar-refractivity contribution in [3.8, 4) is 0 Å². The van der Waals surface area contributed by atoms with Crippen LogP contribution in [0.2, 0.25) is 0 Å². The molecule has 3 rings (SSSR count). The van der Waals surface area contributed by atoms with Gasteiger partial charge in [-0.3, -0.25) is 4.90 Å². The highest BCUT2D eigenvalue weighted by Gasteiger charge is 2.34. The first-order valence-electron chi connectivity index (χ1n) is 8.83.